The summed E-state index contributed by atoms with van der Waals surface area (Å²) >= 11 is 1.38. The molecule has 0 spiro atoms. The molecule has 5 heteroatoms. The van der Waals surface area contributed by atoms with Crippen molar-refractivity contribution in [1.82, 2.24) is 0 Å². The molecule has 1 aromatic heterocycles. The quantitative estimate of drug-likeness (QED) is 0.730. The van der Waals surface area contributed by atoms with Crippen molar-refractivity contribution < 1.29 is 4.79 Å². The van der Waals surface area contributed by atoms with Gasteiger partial charge >= 0.3 is 0 Å². The summed E-state index contributed by atoms with van der Waals surface area (Å²) in [7, 11) is 0. The van der Waals surface area contributed by atoms with Crippen molar-refractivity contribution in [1.29, 1.82) is 0 Å². The van der Waals surface area contributed by atoms with Gasteiger partial charge in [0.1, 0.15) is 4.88 Å². The molecule has 1 aliphatic carbocycles. The fraction of sp³-hybridized carbons (Fsp3) is 0.500. The second-order valence-electron chi connectivity index (χ2n) is 3.76. The van der Waals surface area contributed by atoms with Gasteiger partial charge in [0.25, 0.3) is 5.91 Å². The summed E-state index contributed by atoms with van der Waals surface area (Å²) in [6, 6.07) is 0. The van der Waals surface area contributed by atoms with Crippen LogP contribution >= 0.6 is 11.3 Å². The first-order chi connectivity index (χ1) is 7.15. The maximum Gasteiger partial charge on any atom is 0.260 e. The van der Waals surface area contributed by atoms with Gasteiger partial charge in [0.15, 0.2) is 0 Å². The number of carbonyl (C=O) groups excluding carboxylic acids is 1. The maximum atomic E-state index is 11.2. The van der Waals surface area contributed by atoms with Gasteiger partial charge in [-0.2, -0.15) is 0 Å². The van der Waals surface area contributed by atoms with Gasteiger partial charge in [-0.15, -0.1) is 11.3 Å². The molecule has 2 rings (SSSR count). The van der Waals surface area contributed by atoms with E-state index in [9.17, 15) is 4.79 Å². The van der Waals surface area contributed by atoms with E-state index in [1.54, 1.807) is 0 Å². The number of carbonyl (C=O) groups is 1. The molecule has 1 fully saturated rings. The molecule has 1 amide bonds. The van der Waals surface area contributed by atoms with E-state index < -0.39 is 5.91 Å². The number of primary amides is 1. The molecule has 1 aliphatic rings. The highest BCUT2D eigenvalue weighted by atomic mass is 32.1. The van der Waals surface area contributed by atoms with E-state index in [2.05, 4.69) is 5.32 Å². The summed E-state index contributed by atoms with van der Waals surface area (Å²) in [6.45, 7) is 2.86. The number of hydrogen-bond acceptors (Lipinski definition) is 4. The van der Waals surface area contributed by atoms with Crippen molar-refractivity contribution >= 4 is 27.9 Å². The van der Waals surface area contributed by atoms with Gasteiger partial charge in [0.05, 0.1) is 10.7 Å². The molecule has 1 aromatic rings. The summed E-state index contributed by atoms with van der Waals surface area (Å²) < 4.78 is 0. The van der Waals surface area contributed by atoms with E-state index in [0.29, 0.717) is 16.5 Å². The lowest BCUT2D eigenvalue weighted by atomic mass is 10.1. The van der Waals surface area contributed by atoms with Crippen LogP contribution in [0.5, 0.6) is 0 Å². The van der Waals surface area contributed by atoms with E-state index >= 15 is 0 Å². The Hall–Kier alpha value is -1.23. The lowest BCUT2D eigenvalue weighted by Gasteiger charge is -2.03. The van der Waals surface area contributed by atoms with Gasteiger partial charge in [-0.25, -0.2) is 0 Å². The zero-order valence-corrected chi connectivity index (χ0v) is 9.49. The Bertz CT molecular complexity index is 396. The van der Waals surface area contributed by atoms with Gasteiger partial charge in [0, 0.05) is 12.1 Å². The Morgan fingerprint density at radius 1 is 1.60 bits per heavy atom. The van der Waals surface area contributed by atoms with E-state index in [4.69, 9.17) is 11.5 Å². The van der Waals surface area contributed by atoms with Crippen LogP contribution in [0, 0.1) is 0 Å². The monoisotopic (exact) mass is 225 g/mol. The highest BCUT2D eigenvalue weighted by Crippen LogP contribution is 2.50. The number of rotatable bonds is 4. The Morgan fingerprint density at radius 3 is 2.73 bits per heavy atom. The molecule has 4 nitrogen and oxygen atoms in total. The van der Waals surface area contributed by atoms with Crippen LogP contribution in [0.1, 0.15) is 40.9 Å². The number of amides is 1. The topological polar surface area (TPSA) is 81.1 Å². The van der Waals surface area contributed by atoms with Crippen LogP contribution in [-0.4, -0.2) is 12.5 Å². The standard InChI is InChI=1S/C10H15N3OS/c1-2-13-10-6(5-3-4-5)7(11)8(15-10)9(12)14/h5,13H,2-4,11H2,1H3,(H2,12,14). The van der Waals surface area contributed by atoms with Crippen LogP contribution in [0.2, 0.25) is 0 Å². The van der Waals surface area contributed by atoms with Gasteiger partial charge in [-0.3, -0.25) is 4.79 Å². The normalized spacial score (nSPS) is 15.3. The van der Waals surface area contributed by atoms with Crippen molar-refractivity contribution in [2.24, 2.45) is 5.73 Å². The number of nitrogens with two attached hydrogens (primary N) is 2. The van der Waals surface area contributed by atoms with Gasteiger partial charge in [0.2, 0.25) is 0 Å². The summed E-state index contributed by atoms with van der Waals surface area (Å²) in [5.41, 5.74) is 12.9. The summed E-state index contributed by atoms with van der Waals surface area (Å²) in [4.78, 5) is 11.7. The zero-order valence-electron chi connectivity index (χ0n) is 8.67. The van der Waals surface area contributed by atoms with Crippen LogP contribution in [-0.2, 0) is 0 Å². The van der Waals surface area contributed by atoms with Crippen LogP contribution < -0.4 is 16.8 Å². The van der Waals surface area contributed by atoms with E-state index in [-0.39, 0.29) is 0 Å². The van der Waals surface area contributed by atoms with Gasteiger partial charge in [-0.1, -0.05) is 0 Å². The molecule has 0 bridgehead atoms. The number of hydrogen-bond donors (Lipinski definition) is 3. The molecule has 1 saturated carbocycles. The number of nitrogen functional groups attached to an aromatic ring is 1. The molecule has 5 N–H and O–H groups in total. The summed E-state index contributed by atoms with van der Waals surface area (Å²) in [6.07, 6.45) is 2.33. The largest absolute Gasteiger partial charge is 0.397 e. The second kappa shape index (κ2) is 3.73. The van der Waals surface area contributed by atoms with Crippen molar-refractivity contribution in [3.8, 4) is 0 Å². The van der Waals surface area contributed by atoms with Crippen molar-refractivity contribution in [3.63, 3.8) is 0 Å². The summed E-state index contributed by atoms with van der Waals surface area (Å²) in [5, 5.41) is 4.26. The smallest absolute Gasteiger partial charge is 0.260 e. The third kappa shape index (κ3) is 1.79. The highest BCUT2D eigenvalue weighted by Gasteiger charge is 2.32. The molecule has 0 atom stereocenters. The Kier molecular flexibility index (Phi) is 2.56. The van der Waals surface area contributed by atoms with Gasteiger partial charge < -0.3 is 16.8 Å². The summed E-state index contributed by atoms with van der Waals surface area (Å²) in [5.74, 6) is 0.104. The SMILES string of the molecule is CCNc1sc(C(N)=O)c(N)c1C1CC1. The first-order valence-electron chi connectivity index (χ1n) is 5.11. The van der Waals surface area contributed by atoms with Crippen molar-refractivity contribution in [2.75, 3.05) is 17.6 Å². The minimum Gasteiger partial charge on any atom is -0.397 e. The third-order valence-corrected chi connectivity index (χ3v) is 3.72. The van der Waals surface area contributed by atoms with Crippen LogP contribution in [0.15, 0.2) is 0 Å². The minimum absolute atomic E-state index is 0.427. The fourth-order valence-electron chi connectivity index (χ4n) is 1.71. The minimum atomic E-state index is -0.427. The van der Waals surface area contributed by atoms with Crippen molar-refractivity contribution in [2.45, 2.75) is 25.7 Å². The molecule has 0 saturated heterocycles. The first-order valence-corrected chi connectivity index (χ1v) is 5.92. The molecule has 82 valence electrons. The Labute approximate surface area is 92.6 Å². The average Bonchev–Trinajstić information content (AvgIpc) is 2.93. The molecular formula is C10H15N3OS. The van der Waals surface area contributed by atoms with Crippen molar-refractivity contribution in [3.05, 3.63) is 10.4 Å². The predicted octanol–water partition coefficient (Wildman–Crippen LogP) is 1.74. The zero-order chi connectivity index (χ0) is 11.0. The lowest BCUT2D eigenvalue weighted by molar-refractivity contribution is 0.100. The molecule has 0 aromatic carbocycles. The second-order valence-corrected chi connectivity index (χ2v) is 4.78. The maximum absolute atomic E-state index is 11.2. The molecule has 15 heavy (non-hydrogen) atoms. The van der Waals surface area contributed by atoms with Crippen LogP contribution in [0.25, 0.3) is 0 Å². The predicted molar refractivity (Wildman–Crippen MR) is 63.4 cm³/mol. The third-order valence-electron chi connectivity index (χ3n) is 2.53. The number of nitrogens with one attached hydrogen (secondary N) is 1. The van der Waals surface area contributed by atoms with Crippen LogP contribution in [0.3, 0.4) is 0 Å². The Balaban J connectivity index is 2.43. The van der Waals surface area contributed by atoms with E-state index in [1.165, 1.54) is 11.3 Å². The lowest BCUT2D eigenvalue weighted by Crippen LogP contribution is -2.11. The first kappa shape index (κ1) is 10.3. The number of thiophene rings is 1. The number of anilines is 2. The molecule has 1 heterocycles. The van der Waals surface area contributed by atoms with E-state index in [0.717, 1.165) is 30.0 Å². The van der Waals surface area contributed by atoms with E-state index in [1.807, 2.05) is 6.92 Å². The molecule has 0 aliphatic heterocycles. The van der Waals surface area contributed by atoms with Crippen LogP contribution in [0.4, 0.5) is 10.7 Å². The average molecular weight is 225 g/mol. The fourth-order valence-corrected chi connectivity index (χ4v) is 2.84. The Morgan fingerprint density at radius 2 is 2.27 bits per heavy atom. The molecule has 0 radical (unpaired) electrons. The molecular weight excluding hydrogens is 210 g/mol. The highest BCUT2D eigenvalue weighted by molar-refractivity contribution is 7.18. The molecule has 0 unspecified atom stereocenters. The van der Waals surface area contributed by atoms with Gasteiger partial charge in [-0.05, 0) is 25.7 Å².